The van der Waals surface area contributed by atoms with Crippen LogP contribution in [0.3, 0.4) is 0 Å². The number of aromatic nitrogens is 3. The summed E-state index contributed by atoms with van der Waals surface area (Å²) < 4.78 is 7.59. The number of nitrogens with zero attached hydrogens (tertiary/aromatic N) is 3. The van der Waals surface area contributed by atoms with E-state index in [2.05, 4.69) is 10.2 Å². The number of rotatable bonds is 3. The molecule has 0 radical (unpaired) electrons. The molecule has 1 aromatic heterocycles. The van der Waals surface area contributed by atoms with Gasteiger partial charge in [0.25, 0.3) is 0 Å². The van der Waals surface area contributed by atoms with E-state index in [1.807, 2.05) is 37.6 Å². The molecular weight excluding hydrogens is 238 g/mol. The van der Waals surface area contributed by atoms with E-state index in [9.17, 15) is 0 Å². The zero-order chi connectivity index (χ0) is 12.4. The van der Waals surface area contributed by atoms with E-state index in [1.165, 1.54) is 0 Å². The number of benzene rings is 1. The van der Waals surface area contributed by atoms with E-state index in [0.717, 1.165) is 23.0 Å². The number of aryl methyl sites for hydroxylation is 2. The Hall–Kier alpha value is -1.55. The molecule has 0 N–H and O–H groups in total. The van der Waals surface area contributed by atoms with E-state index >= 15 is 0 Å². The Morgan fingerprint density at radius 2 is 2.06 bits per heavy atom. The molecule has 0 fully saturated rings. The Balaban J connectivity index is 2.12. The van der Waals surface area contributed by atoms with Crippen LogP contribution in [-0.4, -0.2) is 14.8 Å². The molecule has 1 aromatic carbocycles. The van der Waals surface area contributed by atoms with Crippen LogP contribution in [0.2, 0.25) is 5.02 Å². The first-order valence-electron chi connectivity index (χ1n) is 5.32. The summed E-state index contributed by atoms with van der Waals surface area (Å²) in [6, 6.07) is 5.58. The normalized spacial score (nSPS) is 10.6. The van der Waals surface area contributed by atoms with Crippen molar-refractivity contribution in [3.63, 3.8) is 0 Å². The van der Waals surface area contributed by atoms with Crippen LogP contribution in [0.4, 0.5) is 0 Å². The van der Waals surface area contributed by atoms with Gasteiger partial charge < -0.3 is 9.30 Å². The zero-order valence-electron chi connectivity index (χ0n) is 10.1. The summed E-state index contributed by atoms with van der Waals surface area (Å²) in [5, 5.41) is 8.68. The summed E-state index contributed by atoms with van der Waals surface area (Å²) >= 11 is 5.92. The van der Waals surface area contributed by atoms with Crippen molar-refractivity contribution in [3.05, 3.63) is 40.4 Å². The van der Waals surface area contributed by atoms with Gasteiger partial charge in [0.1, 0.15) is 18.2 Å². The minimum absolute atomic E-state index is 0.387. The second-order valence-corrected chi connectivity index (χ2v) is 4.36. The molecule has 4 nitrogen and oxygen atoms in total. The van der Waals surface area contributed by atoms with Crippen molar-refractivity contribution in [2.24, 2.45) is 7.05 Å². The Kier molecular flexibility index (Phi) is 3.33. The van der Waals surface area contributed by atoms with Crippen LogP contribution in [0.15, 0.2) is 18.2 Å². The van der Waals surface area contributed by atoms with Crippen LogP contribution in [-0.2, 0) is 13.7 Å². The number of ether oxygens (including phenoxy) is 1. The summed E-state index contributed by atoms with van der Waals surface area (Å²) in [5.41, 5.74) is 1.05. The summed E-state index contributed by atoms with van der Waals surface area (Å²) in [6.45, 7) is 4.27. The topological polar surface area (TPSA) is 39.9 Å². The molecular formula is C12H14ClN3O. The lowest BCUT2D eigenvalue weighted by Gasteiger charge is -2.09. The van der Waals surface area contributed by atoms with Crippen LogP contribution < -0.4 is 4.74 Å². The fourth-order valence-corrected chi connectivity index (χ4v) is 1.61. The molecule has 0 saturated carbocycles. The maximum absolute atomic E-state index is 5.92. The fourth-order valence-electron chi connectivity index (χ4n) is 1.45. The Labute approximate surface area is 105 Å². The van der Waals surface area contributed by atoms with Crippen LogP contribution in [0.1, 0.15) is 17.2 Å². The monoisotopic (exact) mass is 251 g/mol. The van der Waals surface area contributed by atoms with Gasteiger partial charge in [0.2, 0.25) is 0 Å². The molecule has 0 amide bonds. The lowest BCUT2D eigenvalue weighted by atomic mass is 10.2. The Morgan fingerprint density at radius 3 is 2.71 bits per heavy atom. The lowest BCUT2D eigenvalue weighted by Crippen LogP contribution is -2.05. The zero-order valence-corrected chi connectivity index (χ0v) is 10.8. The van der Waals surface area contributed by atoms with Gasteiger partial charge in [-0.15, -0.1) is 10.2 Å². The Morgan fingerprint density at radius 1 is 1.29 bits per heavy atom. The number of hydrogen-bond acceptors (Lipinski definition) is 3. The Bertz CT molecular complexity index is 537. The highest BCUT2D eigenvalue weighted by molar-refractivity contribution is 6.30. The predicted molar refractivity (Wildman–Crippen MR) is 66.3 cm³/mol. The minimum atomic E-state index is 0.387. The van der Waals surface area contributed by atoms with Crippen molar-refractivity contribution in [1.29, 1.82) is 0 Å². The summed E-state index contributed by atoms with van der Waals surface area (Å²) in [5.74, 6) is 2.44. The smallest absolute Gasteiger partial charge is 0.170 e. The van der Waals surface area contributed by atoms with E-state index in [-0.39, 0.29) is 0 Å². The lowest BCUT2D eigenvalue weighted by molar-refractivity contribution is 0.289. The van der Waals surface area contributed by atoms with Crippen LogP contribution >= 0.6 is 11.6 Å². The maximum Gasteiger partial charge on any atom is 0.170 e. The highest BCUT2D eigenvalue weighted by Crippen LogP contribution is 2.23. The van der Waals surface area contributed by atoms with Gasteiger partial charge in [0.15, 0.2) is 5.82 Å². The molecule has 0 aliphatic rings. The van der Waals surface area contributed by atoms with Gasteiger partial charge in [-0.3, -0.25) is 0 Å². The van der Waals surface area contributed by atoms with Crippen molar-refractivity contribution in [2.75, 3.05) is 0 Å². The van der Waals surface area contributed by atoms with E-state index < -0.39 is 0 Å². The third kappa shape index (κ3) is 2.58. The molecule has 0 unspecified atom stereocenters. The molecule has 0 bridgehead atoms. The van der Waals surface area contributed by atoms with Crippen LogP contribution in [0.5, 0.6) is 5.75 Å². The predicted octanol–water partition coefficient (Wildman–Crippen LogP) is 2.66. The van der Waals surface area contributed by atoms with Crippen molar-refractivity contribution < 1.29 is 4.74 Å². The highest BCUT2D eigenvalue weighted by Gasteiger charge is 2.07. The molecule has 0 aliphatic heterocycles. The molecule has 2 aromatic rings. The quantitative estimate of drug-likeness (QED) is 0.842. The molecule has 5 heteroatoms. The average molecular weight is 252 g/mol. The van der Waals surface area contributed by atoms with Crippen molar-refractivity contribution in [3.8, 4) is 5.75 Å². The second kappa shape index (κ2) is 4.75. The minimum Gasteiger partial charge on any atom is -0.485 e. The van der Waals surface area contributed by atoms with Crippen molar-refractivity contribution in [2.45, 2.75) is 20.5 Å². The maximum atomic E-state index is 5.92. The van der Waals surface area contributed by atoms with E-state index in [1.54, 1.807) is 6.07 Å². The third-order valence-electron chi connectivity index (χ3n) is 2.69. The van der Waals surface area contributed by atoms with E-state index in [0.29, 0.717) is 11.6 Å². The summed E-state index contributed by atoms with van der Waals surface area (Å²) in [7, 11) is 1.92. The molecule has 1 heterocycles. The molecule has 0 spiro atoms. The van der Waals surface area contributed by atoms with Gasteiger partial charge in [0, 0.05) is 12.1 Å². The first-order chi connectivity index (χ1) is 8.08. The first kappa shape index (κ1) is 11.9. The van der Waals surface area contributed by atoms with Gasteiger partial charge in [0.05, 0.1) is 0 Å². The summed E-state index contributed by atoms with van der Waals surface area (Å²) in [4.78, 5) is 0. The molecule has 17 heavy (non-hydrogen) atoms. The highest BCUT2D eigenvalue weighted by atomic mass is 35.5. The second-order valence-electron chi connectivity index (χ2n) is 3.92. The third-order valence-corrected chi connectivity index (χ3v) is 2.92. The van der Waals surface area contributed by atoms with Gasteiger partial charge in [-0.1, -0.05) is 17.7 Å². The van der Waals surface area contributed by atoms with Gasteiger partial charge in [-0.25, -0.2) is 0 Å². The SMILES string of the molecule is Cc1ccc(Cl)cc1OCc1nnc(C)n1C. The summed E-state index contributed by atoms with van der Waals surface area (Å²) in [6.07, 6.45) is 0. The molecule has 0 saturated heterocycles. The largest absolute Gasteiger partial charge is 0.485 e. The van der Waals surface area contributed by atoms with E-state index in [4.69, 9.17) is 16.3 Å². The van der Waals surface area contributed by atoms with Crippen molar-refractivity contribution >= 4 is 11.6 Å². The van der Waals surface area contributed by atoms with Crippen LogP contribution in [0.25, 0.3) is 0 Å². The van der Waals surface area contributed by atoms with Gasteiger partial charge in [-0.2, -0.15) is 0 Å². The molecule has 0 atom stereocenters. The first-order valence-corrected chi connectivity index (χ1v) is 5.69. The fraction of sp³-hybridized carbons (Fsp3) is 0.333. The van der Waals surface area contributed by atoms with Gasteiger partial charge in [-0.05, 0) is 31.5 Å². The molecule has 0 aliphatic carbocycles. The van der Waals surface area contributed by atoms with Crippen LogP contribution in [0, 0.1) is 13.8 Å². The molecule has 2 rings (SSSR count). The van der Waals surface area contributed by atoms with Gasteiger partial charge >= 0.3 is 0 Å². The molecule has 90 valence electrons. The standard InChI is InChI=1S/C12H14ClN3O/c1-8-4-5-10(13)6-11(8)17-7-12-15-14-9(2)16(12)3/h4-6H,7H2,1-3H3. The average Bonchev–Trinajstić information content (AvgIpc) is 2.62. The van der Waals surface area contributed by atoms with Crippen molar-refractivity contribution in [1.82, 2.24) is 14.8 Å². The number of halogens is 1. The number of hydrogen-bond donors (Lipinski definition) is 0.